The average Bonchev–Trinajstić information content (AvgIpc) is 2.74. The molecule has 6 nitrogen and oxygen atoms in total. The molecule has 8 heteroatoms. The summed E-state index contributed by atoms with van der Waals surface area (Å²) < 4.78 is 14.8. The molecule has 0 saturated carbocycles. The van der Waals surface area contributed by atoms with Crippen LogP contribution in [0.4, 0.5) is 10.2 Å². The Hall–Kier alpha value is -2.15. The molecule has 0 saturated heterocycles. The zero-order valence-corrected chi connectivity index (χ0v) is 10.1. The summed E-state index contributed by atoms with van der Waals surface area (Å²) in [4.78, 5) is 11.4. The van der Waals surface area contributed by atoms with E-state index in [-0.39, 0.29) is 22.2 Å². The maximum atomic E-state index is 13.8. The van der Waals surface area contributed by atoms with Crippen LogP contribution in [0, 0.1) is 5.82 Å². The topological polar surface area (TPSA) is 85.8 Å². The number of anilines is 1. The second-order valence-corrected chi connectivity index (χ2v) is 3.79. The molecule has 1 aromatic heterocycles. The molecule has 18 heavy (non-hydrogen) atoms. The maximum absolute atomic E-state index is 13.8. The van der Waals surface area contributed by atoms with E-state index in [0.29, 0.717) is 0 Å². The summed E-state index contributed by atoms with van der Waals surface area (Å²) >= 11 is 5.66. The summed E-state index contributed by atoms with van der Waals surface area (Å²) in [5, 5.41) is 9.53. The first kappa shape index (κ1) is 12.3. The number of nitrogens with zero attached hydrogens (tertiary/aromatic N) is 3. The number of nitrogens with two attached hydrogens (primary N) is 1. The number of benzene rings is 1. The van der Waals surface area contributed by atoms with Crippen molar-refractivity contribution >= 4 is 23.3 Å². The van der Waals surface area contributed by atoms with Crippen LogP contribution in [0.1, 0.15) is 10.5 Å². The SMILES string of the molecule is CNC(=O)c1nnn(-c2cccc(Cl)c2F)c1N. The summed E-state index contributed by atoms with van der Waals surface area (Å²) in [6.45, 7) is 0. The Balaban J connectivity index is 2.56. The molecule has 94 valence electrons. The first-order valence-corrected chi connectivity index (χ1v) is 5.31. The van der Waals surface area contributed by atoms with E-state index in [2.05, 4.69) is 15.6 Å². The molecule has 0 atom stereocenters. The highest BCUT2D eigenvalue weighted by atomic mass is 35.5. The molecule has 0 aliphatic carbocycles. The van der Waals surface area contributed by atoms with E-state index in [4.69, 9.17) is 17.3 Å². The third kappa shape index (κ3) is 1.88. The molecular weight excluding hydrogens is 261 g/mol. The van der Waals surface area contributed by atoms with Crippen LogP contribution in [0.25, 0.3) is 5.69 Å². The van der Waals surface area contributed by atoms with Gasteiger partial charge in [-0.1, -0.05) is 22.9 Å². The molecule has 3 N–H and O–H groups in total. The van der Waals surface area contributed by atoms with Gasteiger partial charge in [0.1, 0.15) is 5.69 Å². The summed E-state index contributed by atoms with van der Waals surface area (Å²) in [6.07, 6.45) is 0. The Morgan fingerprint density at radius 2 is 2.28 bits per heavy atom. The van der Waals surface area contributed by atoms with E-state index >= 15 is 0 Å². The molecule has 0 aliphatic rings. The van der Waals surface area contributed by atoms with E-state index < -0.39 is 11.7 Å². The lowest BCUT2D eigenvalue weighted by molar-refractivity contribution is 0.0959. The fourth-order valence-corrected chi connectivity index (χ4v) is 1.57. The number of carbonyl (C=O) groups is 1. The second-order valence-electron chi connectivity index (χ2n) is 3.39. The van der Waals surface area contributed by atoms with Crippen molar-refractivity contribution in [2.45, 2.75) is 0 Å². The summed E-state index contributed by atoms with van der Waals surface area (Å²) in [5.41, 5.74) is 5.66. The molecule has 0 spiro atoms. The Morgan fingerprint density at radius 1 is 1.56 bits per heavy atom. The van der Waals surface area contributed by atoms with Gasteiger partial charge in [-0.3, -0.25) is 4.79 Å². The monoisotopic (exact) mass is 269 g/mol. The minimum absolute atomic E-state index is 0.0302. The van der Waals surface area contributed by atoms with Gasteiger partial charge in [-0.25, -0.2) is 4.39 Å². The molecule has 0 unspecified atom stereocenters. The van der Waals surface area contributed by atoms with Gasteiger partial charge < -0.3 is 11.1 Å². The van der Waals surface area contributed by atoms with Gasteiger partial charge in [0.25, 0.3) is 5.91 Å². The van der Waals surface area contributed by atoms with Gasteiger partial charge in [-0.05, 0) is 12.1 Å². The van der Waals surface area contributed by atoms with Gasteiger partial charge in [0.2, 0.25) is 0 Å². The third-order valence-electron chi connectivity index (χ3n) is 2.31. The second kappa shape index (κ2) is 4.61. The Labute approximate surface area is 107 Å². The van der Waals surface area contributed by atoms with Gasteiger partial charge in [-0.2, -0.15) is 4.68 Å². The number of amides is 1. The first-order chi connectivity index (χ1) is 8.56. The molecule has 1 aromatic carbocycles. The predicted molar refractivity (Wildman–Crippen MR) is 64.1 cm³/mol. The van der Waals surface area contributed by atoms with Crippen LogP contribution in [0.5, 0.6) is 0 Å². The highest BCUT2D eigenvalue weighted by Crippen LogP contribution is 2.23. The highest BCUT2D eigenvalue weighted by Gasteiger charge is 2.19. The van der Waals surface area contributed by atoms with Crippen LogP contribution in [0.3, 0.4) is 0 Å². The highest BCUT2D eigenvalue weighted by molar-refractivity contribution is 6.30. The molecular formula is C10H9ClFN5O. The smallest absolute Gasteiger partial charge is 0.275 e. The lowest BCUT2D eigenvalue weighted by Gasteiger charge is -2.05. The molecule has 0 bridgehead atoms. The zero-order chi connectivity index (χ0) is 13.3. The standard InChI is InChI=1S/C10H9ClFN5O/c1-14-10(18)8-9(13)17(16-15-8)6-4-2-3-5(11)7(6)12/h2-4H,13H2,1H3,(H,14,18). The number of hydrogen-bond acceptors (Lipinski definition) is 4. The molecule has 0 aliphatic heterocycles. The average molecular weight is 270 g/mol. The van der Waals surface area contributed by atoms with E-state index in [1.165, 1.54) is 19.2 Å². The molecule has 1 amide bonds. The predicted octanol–water partition coefficient (Wildman–Crippen LogP) is 1.00. The minimum atomic E-state index is -0.681. The fourth-order valence-electron chi connectivity index (χ4n) is 1.40. The molecule has 0 radical (unpaired) electrons. The number of nitrogens with one attached hydrogen (secondary N) is 1. The summed E-state index contributed by atoms with van der Waals surface area (Å²) in [5.74, 6) is -1.24. The van der Waals surface area contributed by atoms with Crippen LogP contribution in [0.15, 0.2) is 18.2 Å². The first-order valence-electron chi connectivity index (χ1n) is 4.94. The van der Waals surface area contributed by atoms with E-state index in [1.54, 1.807) is 6.07 Å². The summed E-state index contributed by atoms with van der Waals surface area (Å²) in [7, 11) is 1.43. The number of halogens is 2. The number of hydrogen-bond donors (Lipinski definition) is 2. The van der Waals surface area contributed by atoms with Gasteiger partial charge in [0.05, 0.1) is 5.02 Å². The lowest BCUT2D eigenvalue weighted by Crippen LogP contribution is -2.20. The van der Waals surface area contributed by atoms with Crippen LogP contribution >= 0.6 is 11.6 Å². The van der Waals surface area contributed by atoms with Gasteiger partial charge in [-0.15, -0.1) is 5.10 Å². The number of nitrogen functional groups attached to an aromatic ring is 1. The van der Waals surface area contributed by atoms with Gasteiger partial charge in [0.15, 0.2) is 17.3 Å². The van der Waals surface area contributed by atoms with E-state index in [9.17, 15) is 9.18 Å². The summed E-state index contributed by atoms with van der Waals surface area (Å²) in [6, 6.07) is 4.37. The van der Waals surface area contributed by atoms with Gasteiger partial charge in [0, 0.05) is 7.05 Å². The van der Waals surface area contributed by atoms with Crippen LogP contribution in [0.2, 0.25) is 5.02 Å². The Bertz CT molecular complexity index is 612. The van der Waals surface area contributed by atoms with Gasteiger partial charge >= 0.3 is 0 Å². The van der Waals surface area contributed by atoms with Crippen molar-refractivity contribution < 1.29 is 9.18 Å². The van der Waals surface area contributed by atoms with Crippen LogP contribution in [-0.2, 0) is 0 Å². The Morgan fingerprint density at radius 3 is 2.94 bits per heavy atom. The molecule has 2 rings (SSSR count). The van der Waals surface area contributed by atoms with E-state index in [1.807, 2.05) is 0 Å². The third-order valence-corrected chi connectivity index (χ3v) is 2.60. The maximum Gasteiger partial charge on any atom is 0.275 e. The van der Waals surface area contributed by atoms with Crippen molar-refractivity contribution in [3.63, 3.8) is 0 Å². The van der Waals surface area contributed by atoms with Crippen molar-refractivity contribution in [2.75, 3.05) is 12.8 Å². The van der Waals surface area contributed by atoms with Crippen LogP contribution < -0.4 is 11.1 Å². The minimum Gasteiger partial charge on any atom is -0.382 e. The van der Waals surface area contributed by atoms with Crippen molar-refractivity contribution in [2.24, 2.45) is 0 Å². The number of aromatic nitrogens is 3. The lowest BCUT2D eigenvalue weighted by atomic mass is 10.3. The number of rotatable bonds is 2. The van der Waals surface area contributed by atoms with Crippen molar-refractivity contribution in [3.8, 4) is 5.69 Å². The normalized spacial score (nSPS) is 10.4. The van der Waals surface area contributed by atoms with Crippen molar-refractivity contribution in [3.05, 3.63) is 34.7 Å². The van der Waals surface area contributed by atoms with Crippen LogP contribution in [-0.4, -0.2) is 27.9 Å². The molecule has 1 heterocycles. The quantitative estimate of drug-likeness (QED) is 0.852. The van der Waals surface area contributed by atoms with Crippen molar-refractivity contribution in [1.29, 1.82) is 0 Å². The molecule has 0 fully saturated rings. The number of carbonyl (C=O) groups excluding carboxylic acids is 1. The Kier molecular flexibility index (Phi) is 3.15. The fraction of sp³-hybridized carbons (Fsp3) is 0.100. The largest absolute Gasteiger partial charge is 0.382 e. The van der Waals surface area contributed by atoms with Crippen molar-refractivity contribution in [1.82, 2.24) is 20.3 Å². The molecule has 2 aromatic rings. The zero-order valence-electron chi connectivity index (χ0n) is 9.32. The van der Waals surface area contributed by atoms with E-state index in [0.717, 1.165) is 4.68 Å².